The summed E-state index contributed by atoms with van der Waals surface area (Å²) in [6.45, 7) is 3.66. The first-order valence-corrected chi connectivity index (χ1v) is 9.89. The van der Waals surface area contributed by atoms with Crippen LogP contribution in [-0.4, -0.2) is 36.0 Å². The highest BCUT2D eigenvalue weighted by atomic mass is 35.5. The fourth-order valence-electron chi connectivity index (χ4n) is 2.99. The van der Waals surface area contributed by atoms with Gasteiger partial charge in [-0.2, -0.15) is 9.29 Å². The number of rotatable bonds is 5. The molecular formula is C17H25ClN4O3S. The van der Waals surface area contributed by atoms with Crippen LogP contribution < -0.4 is 5.73 Å². The Morgan fingerprint density at radius 1 is 1.19 bits per heavy atom. The highest BCUT2D eigenvalue weighted by Crippen LogP contribution is 2.35. The predicted molar refractivity (Wildman–Crippen MR) is 101 cm³/mol. The minimum Gasteiger partial charge on any atom is -0.334 e. The number of nitrogens with zero attached hydrogens (tertiary/aromatic N) is 3. The molecule has 1 aromatic heterocycles. The molecule has 0 unspecified atom stereocenters. The summed E-state index contributed by atoms with van der Waals surface area (Å²) in [5.74, 6) is 0.879. The largest absolute Gasteiger partial charge is 0.334 e. The third kappa shape index (κ3) is 3.78. The van der Waals surface area contributed by atoms with E-state index in [1.54, 1.807) is 31.3 Å². The van der Waals surface area contributed by atoms with Gasteiger partial charge in [0.1, 0.15) is 0 Å². The Labute approximate surface area is 160 Å². The second-order valence-corrected chi connectivity index (χ2v) is 8.92. The van der Waals surface area contributed by atoms with Gasteiger partial charge >= 0.3 is 0 Å². The van der Waals surface area contributed by atoms with Gasteiger partial charge in [0.2, 0.25) is 10.0 Å². The molecule has 0 radical (unpaired) electrons. The molecule has 0 atom stereocenters. The molecule has 0 spiro atoms. The number of hydrogen-bond donors (Lipinski definition) is 1. The first kappa shape index (κ1) is 20.8. The third-order valence-electron chi connectivity index (χ3n) is 4.87. The molecule has 26 heavy (non-hydrogen) atoms. The van der Waals surface area contributed by atoms with Crippen molar-refractivity contribution in [3.8, 4) is 11.5 Å². The van der Waals surface area contributed by atoms with Gasteiger partial charge in [0.25, 0.3) is 5.89 Å². The Morgan fingerprint density at radius 2 is 1.77 bits per heavy atom. The quantitative estimate of drug-likeness (QED) is 0.827. The van der Waals surface area contributed by atoms with Crippen molar-refractivity contribution in [2.24, 2.45) is 5.73 Å². The maximum absolute atomic E-state index is 12.5. The SMILES string of the molecule is CC(C)N(C)S(=O)(=O)c1ccc(-c2nc(C3(N)CCCC3)no2)cc1.Cl. The Hall–Kier alpha value is -1.48. The van der Waals surface area contributed by atoms with Gasteiger partial charge in [-0.25, -0.2) is 8.42 Å². The van der Waals surface area contributed by atoms with Gasteiger partial charge < -0.3 is 10.3 Å². The topological polar surface area (TPSA) is 102 Å². The number of benzene rings is 1. The predicted octanol–water partition coefficient (Wildman–Crippen LogP) is 2.92. The van der Waals surface area contributed by atoms with E-state index in [1.165, 1.54) is 4.31 Å². The molecule has 3 rings (SSSR count). The van der Waals surface area contributed by atoms with Gasteiger partial charge in [-0.3, -0.25) is 0 Å². The molecule has 1 fully saturated rings. The number of nitrogens with two attached hydrogens (primary N) is 1. The minimum atomic E-state index is -3.51. The average Bonchev–Trinajstić information content (AvgIpc) is 3.24. The van der Waals surface area contributed by atoms with Crippen LogP contribution in [0.25, 0.3) is 11.5 Å². The van der Waals surface area contributed by atoms with Crippen molar-refractivity contribution in [2.45, 2.75) is 56.0 Å². The monoisotopic (exact) mass is 400 g/mol. The van der Waals surface area contributed by atoms with E-state index < -0.39 is 15.6 Å². The van der Waals surface area contributed by atoms with E-state index in [0.29, 0.717) is 17.3 Å². The summed E-state index contributed by atoms with van der Waals surface area (Å²) in [6.07, 6.45) is 3.84. The molecule has 0 amide bonds. The summed E-state index contributed by atoms with van der Waals surface area (Å²) in [6, 6.07) is 6.35. The zero-order valence-corrected chi connectivity index (χ0v) is 16.8. The molecule has 1 aliphatic carbocycles. The molecule has 7 nitrogen and oxygen atoms in total. The molecular weight excluding hydrogens is 376 g/mol. The molecule has 0 saturated heterocycles. The van der Waals surface area contributed by atoms with Crippen molar-refractivity contribution in [3.63, 3.8) is 0 Å². The van der Waals surface area contributed by atoms with Crippen molar-refractivity contribution in [1.82, 2.24) is 14.4 Å². The normalized spacial score (nSPS) is 16.8. The Balaban J connectivity index is 0.00000243. The van der Waals surface area contributed by atoms with E-state index >= 15 is 0 Å². The van der Waals surface area contributed by atoms with Crippen LogP contribution in [0.5, 0.6) is 0 Å². The molecule has 0 bridgehead atoms. The van der Waals surface area contributed by atoms with Gasteiger partial charge in [0, 0.05) is 18.7 Å². The van der Waals surface area contributed by atoms with E-state index in [1.807, 2.05) is 13.8 Å². The molecule has 1 aliphatic rings. The Kier molecular flexibility index (Phi) is 6.12. The summed E-state index contributed by atoms with van der Waals surface area (Å²) >= 11 is 0. The summed E-state index contributed by atoms with van der Waals surface area (Å²) < 4.78 is 31.7. The molecule has 0 aliphatic heterocycles. The maximum atomic E-state index is 12.5. The number of halogens is 1. The molecule has 1 saturated carbocycles. The molecule has 2 N–H and O–H groups in total. The first-order valence-electron chi connectivity index (χ1n) is 8.45. The van der Waals surface area contributed by atoms with Crippen molar-refractivity contribution in [3.05, 3.63) is 30.1 Å². The maximum Gasteiger partial charge on any atom is 0.257 e. The number of aromatic nitrogens is 2. The van der Waals surface area contributed by atoms with Crippen LogP contribution in [0.1, 0.15) is 45.4 Å². The van der Waals surface area contributed by atoms with E-state index in [0.717, 1.165) is 25.7 Å². The third-order valence-corrected chi connectivity index (χ3v) is 6.92. The van der Waals surface area contributed by atoms with Crippen LogP contribution in [0.2, 0.25) is 0 Å². The van der Waals surface area contributed by atoms with Crippen LogP contribution in [0.4, 0.5) is 0 Å². The smallest absolute Gasteiger partial charge is 0.257 e. The lowest BCUT2D eigenvalue weighted by Gasteiger charge is -2.20. The van der Waals surface area contributed by atoms with Gasteiger partial charge in [-0.05, 0) is 51.0 Å². The Morgan fingerprint density at radius 3 is 2.31 bits per heavy atom. The second kappa shape index (κ2) is 7.64. The summed E-state index contributed by atoms with van der Waals surface area (Å²) in [7, 11) is -1.94. The molecule has 9 heteroatoms. The van der Waals surface area contributed by atoms with Crippen LogP contribution in [-0.2, 0) is 15.6 Å². The summed E-state index contributed by atoms with van der Waals surface area (Å²) in [5.41, 5.74) is 6.51. The Bertz CT molecular complexity index is 843. The van der Waals surface area contributed by atoms with Gasteiger partial charge in [0.15, 0.2) is 5.82 Å². The number of hydrogen-bond acceptors (Lipinski definition) is 6. The fourth-order valence-corrected chi connectivity index (χ4v) is 4.35. The standard InChI is InChI=1S/C17H24N4O3S.ClH/c1-12(2)21(3)25(22,23)14-8-6-13(7-9-14)15-19-16(20-24-15)17(18)10-4-5-11-17;/h6-9,12H,4-5,10-11,18H2,1-3H3;1H. The first-order chi connectivity index (χ1) is 11.7. The van der Waals surface area contributed by atoms with Crippen LogP contribution in [0, 0.1) is 0 Å². The lowest BCUT2D eigenvalue weighted by atomic mass is 9.99. The molecule has 1 aromatic carbocycles. The molecule has 2 aromatic rings. The zero-order valence-electron chi connectivity index (χ0n) is 15.2. The van der Waals surface area contributed by atoms with Crippen molar-refractivity contribution in [2.75, 3.05) is 7.05 Å². The van der Waals surface area contributed by atoms with Crippen LogP contribution >= 0.6 is 12.4 Å². The van der Waals surface area contributed by atoms with Gasteiger partial charge in [0.05, 0.1) is 10.4 Å². The summed E-state index contributed by atoms with van der Waals surface area (Å²) in [4.78, 5) is 4.66. The van der Waals surface area contributed by atoms with E-state index in [9.17, 15) is 8.42 Å². The van der Waals surface area contributed by atoms with E-state index in [2.05, 4.69) is 10.1 Å². The average molecular weight is 401 g/mol. The summed E-state index contributed by atoms with van der Waals surface area (Å²) in [5, 5.41) is 4.03. The van der Waals surface area contributed by atoms with Gasteiger partial charge in [-0.1, -0.05) is 18.0 Å². The fraction of sp³-hybridized carbons (Fsp3) is 0.529. The van der Waals surface area contributed by atoms with Crippen LogP contribution in [0.3, 0.4) is 0 Å². The lowest BCUT2D eigenvalue weighted by Crippen LogP contribution is -2.34. The van der Waals surface area contributed by atoms with E-state index in [-0.39, 0.29) is 23.3 Å². The van der Waals surface area contributed by atoms with E-state index in [4.69, 9.17) is 10.3 Å². The minimum absolute atomic E-state index is 0. The zero-order chi connectivity index (χ0) is 18.2. The molecule has 1 heterocycles. The molecule has 144 valence electrons. The highest BCUT2D eigenvalue weighted by Gasteiger charge is 2.36. The van der Waals surface area contributed by atoms with Gasteiger partial charge in [-0.15, -0.1) is 12.4 Å². The highest BCUT2D eigenvalue weighted by molar-refractivity contribution is 7.89. The van der Waals surface area contributed by atoms with Crippen molar-refractivity contribution >= 4 is 22.4 Å². The van der Waals surface area contributed by atoms with Crippen LogP contribution in [0.15, 0.2) is 33.7 Å². The lowest BCUT2D eigenvalue weighted by molar-refractivity contribution is 0.372. The van der Waals surface area contributed by atoms with Crippen molar-refractivity contribution in [1.29, 1.82) is 0 Å². The second-order valence-electron chi connectivity index (χ2n) is 6.93. The number of sulfonamides is 1. The van der Waals surface area contributed by atoms with Crippen molar-refractivity contribution < 1.29 is 12.9 Å².